The molecule has 2 aromatic carbocycles. The molecule has 0 fully saturated rings. The molecule has 0 bridgehead atoms. The molecule has 8 heteroatoms. The largest absolute Gasteiger partial charge is 0.493 e. The van der Waals surface area contributed by atoms with Crippen LogP contribution in [0.1, 0.15) is 49.2 Å². The summed E-state index contributed by atoms with van der Waals surface area (Å²) >= 11 is 0. The zero-order chi connectivity index (χ0) is 23.4. The van der Waals surface area contributed by atoms with Gasteiger partial charge in [-0.1, -0.05) is 12.1 Å². The number of nitrogens with one attached hydrogen (secondary N) is 1. The van der Waals surface area contributed by atoms with Gasteiger partial charge in [0.15, 0.2) is 11.5 Å². The van der Waals surface area contributed by atoms with Crippen LogP contribution >= 0.6 is 0 Å². The molecule has 0 aromatic heterocycles. The van der Waals surface area contributed by atoms with Crippen LogP contribution in [-0.4, -0.2) is 45.5 Å². The van der Waals surface area contributed by atoms with Crippen LogP contribution in [0, 0.1) is 6.92 Å². The highest BCUT2D eigenvalue weighted by Crippen LogP contribution is 2.28. The van der Waals surface area contributed by atoms with Crippen molar-refractivity contribution in [3.63, 3.8) is 0 Å². The molecule has 1 amide bonds. The first-order valence-electron chi connectivity index (χ1n) is 10.1. The normalized spacial score (nSPS) is 11.8. The molecule has 170 valence electrons. The highest BCUT2D eigenvalue weighted by atomic mass is 32.2. The third-order valence-electron chi connectivity index (χ3n) is 4.68. The first-order chi connectivity index (χ1) is 14.4. The number of methoxy groups -OCH3 is 2. The van der Waals surface area contributed by atoms with Crippen LogP contribution in [0.25, 0.3) is 0 Å². The number of carbonyl (C=O) groups excluding carboxylic acids is 1. The number of nitrogens with zero attached hydrogens (tertiary/aromatic N) is 1. The number of rotatable bonds is 8. The Kier molecular flexibility index (Phi) is 7.72. The number of aryl methyl sites for hydroxylation is 1. The molecular weight excluding hydrogens is 416 g/mol. The van der Waals surface area contributed by atoms with E-state index in [4.69, 9.17) is 9.47 Å². The van der Waals surface area contributed by atoms with Gasteiger partial charge < -0.3 is 14.4 Å². The lowest BCUT2D eigenvalue weighted by atomic mass is 10.1. The highest BCUT2D eigenvalue weighted by Gasteiger charge is 2.25. The lowest BCUT2D eigenvalue weighted by molar-refractivity contribution is 0.0751. The highest BCUT2D eigenvalue weighted by molar-refractivity contribution is 7.89. The van der Waals surface area contributed by atoms with Crippen molar-refractivity contribution in [3.8, 4) is 11.5 Å². The van der Waals surface area contributed by atoms with E-state index < -0.39 is 15.6 Å². The van der Waals surface area contributed by atoms with Crippen molar-refractivity contribution in [3.05, 3.63) is 53.1 Å². The first-order valence-corrected chi connectivity index (χ1v) is 11.5. The fraction of sp³-hybridized carbons (Fsp3) is 0.435. The van der Waals surface area contributed by atoms with Gasteiger partial charge in [0.1, 0.15) is 0 Å². The second kappa shape index (κ2) is 9.70. The predicted molar refractivity (Wildman–Crippen MR) is 121 cm³/mol. The predicted octanol–water partition coefficient (Wildman–Crippen LogP) is 3.75. The number of ether oxygens (including phenoxy) is 2. The number of hydrogen-bond acceptors (Lipinski definition) is 5. The summed E-state index contributed by atoms with van der Waals surface area (Å²) in [5, 5.41) is 0. The molecule has 2 rings (SSSR count). The summed E-state index contributed by atoms with van der Waals surface area (Å²) in [6.07, 6.45) is 0. The third-order valence-corrected chi connectivity index (χ3v) is 6.44. The summed E-state index contributed by atoms with van der Waals surface area (Å²) in [5.74, 6) is 0.962. The van der Waals surface area contributed by atoms with Crippen LogP contribution in [0.2, 0.25) is 0 Å². The summed E-state index contributed by atoms with van der Waals surface area (Å²) in [7, 11) is -0.622. The minimum absolute atomic E-state index is 0.0681. The molecule has 0 unspecified atom stereocenters. The fourth-order valence-electron chi connectivity index (χ4n) is 3.16. The summed E-state index contributed by atoms with van der Waals surface area (Å²) < 4.78 is 38.7. The van der Waals surface area contributed by atoms with Crippen LogP contribution in [0.3, 0.4) is 0 Å². The van der Waals surface area contributed by atoms with Crippen molar-refractivity contribution in [1.82, 2.24) is 9.62 Å². The Bertz CT molecular complexity index is 1040. The lowest BCUT2D eigenvalue weighted by Crippen LogP contribution is -2.40. The number of hydrogen-bond donors (Lipinski definition) is 1. The van der Waals surface area contributed by atoms with E-state index in [-0.39, 0.29) is 10.8 Å². The molecule has 0 aliphatic rings. The van der Waals surface area contributed by atoms with E-state index >= 15 is 0 Å². The molecule has 0 radical (unpaired) electrons. The van der Waals surface area contributed by atoms with Crippen molar-refractivity contribution in [2.24, 2.45) is 0 Å². The Labute approximate surface area is 185 Å². The van der Waals surface area contributed by atoms with Crippen LogP contribution in [-0.2, 0) is 16.6 Å². The number of amides is 1. The van der Waals surface area contributed by atoms with E-state index in [0.717, 1.165) is 5.56 Å². The number of carbonyl (C=O) groups is 1. The van der Waals surface area contributed by atoms with Crippen molar-refractivity contribution in [2.75, 3.05) is 20.8 Å². The molecule has 0 atom stereocenters. The summed E-state index contributed by atoms with van der Waals surface area (Å²) in [4.78, 5) is 15.0. The average Bonchev–Trinajstić information content (AvgIpc) is 2.69. The molecular formula is C23H32N2O5S. The maximum atomic E-state index is 13.3. The topological polar surface area (TPSA) is 84.9 Å². The van der Waals surface area contributed by atoms with Crippen LogP contribution in [0.15, 0.2) is 41.3 Å². The third kappa shape index (κ3) is 6.21. The molecule has 2 aromatic rings. The number of sulfonamides is 1. The van der Waals surface area contributed by atoms with Gasteiger partial charge in [-0.05, 0) is 70.0 Å². The molecule has 0 saturated heterocycles. The van der Waals surface area contributed by atoms with E-state index in [1.54, 1.807) is 58.9 Å². The standard InChI is InChI=1S/C23H32N2O5S/c1-8-25(15-17-10-12-20(29-6)21(13-17)30-7)22(26)19-14-18(11-9-16(19)2)31(27,28)24-23(3,4)5/h9-14,24H,8,15H2,1-7H3. The summed E-state index contributed by atoms with van der Waals surface area (Å²) in [6.45, 7) is 9.81. The van der Waals surface area contributed by atoms with Crippen molar-refractivity contribution < 1.29 is 22.7 Å². The second-order valence-corrected chi connectivity index (χ2v) is 10.0. The summed E-state index contributed by atoms with van der Waals surface area (Å²) in [6, 6.07) is 10.1. The maximum Gasteiger partial charge on any atom is 0.254 e. The van der Waals surface area contributed by atoms with E-state index in [1.165, 1.54) is 12.1 Å². The van der Waals surface area contributed by atoms with Gasteiger partial charge in [-0.25, -0.2) is 13.1 Å². The Morgan fingerprint density at radius 3 is 2.23 bits per heavy atom. The molecule has 7 nitrogen and oxygen atoms in total. The van der Waals surface area contributed by atoms with E-state index in [0.29, 0.717) is 35.7 Å². The summed E-state index contributed by atoms with van der Waals surface area (Å²) in [5.41, 5.74) is 1.32. The van der Waals surface area contributed by atoms with Gasteiger partial charge in [0, 0.05) is 24.2 Å². The Morgan fingerprint density at radius 2 is 1.68 bits per heavy atom. The fourth-order valence-corrected chi connectivity index (χ4v) is 4.60. The zero-order valence-corrected chi connectivity index (χ0v) is 20.1. The van der Waals surface area contributed by atoms with Gasteiger partial charge in [-0.3, -0.25) is 4.79 Å². The van der Waals surface area contributed by atoms with Crippen LogP contribution in [0.5, 0.6) is 11.5 Å². The van der Waals surface area contributed by atoms with Gasteiger partial charge in [0.25, 0.3) is 5.91 Å². The van der Waals surface area contributed by atoms with Gasteiger partial charge in [-0.2, -0.15) is 0 Å². The van der Waals surface area contributed by atoms with Gasteiger partial charge >= 0.3 is 0 Å². The molecule has 0 heterocycles. The maximum absolute atomic E-state index is 13.3. The van der Waals surface area contributed by atoms with Gasteiger partial charge in [0.2, 0.25) is 10.0 Å². The molecule has 0 saturated carbocycles. The minimum Gasteiger partial charge on any atom is -0.493 e. The van der Waals surface area contributed by atoms with Crippen molar-refractivity contribution >= 4 is 15.9 Å². The molecule has 1 N–H and O–H groups in total. The lowest BCUT2D eigenvalue weighted by Gasteiger charge is -2.24. The Balaban J connectivity index is 2.36. The SMILES string of the molecule is CCN(Cc1ccc(OC)c(OC)c1)C(=O)c1cc(S(=O)(=O)NC(C)(C)C)ccc1C. The monoisotopic (exact) mass is 448 g/mol. The quantitative estimate of drug-likeness (QED) is 0.665. The molecule has 31 heavy (non-hydrogen) atoms. The van der Waals surface area contributed by atoms with Gasteiger partial charge in [0.05, 0.1) is 19.1 Å². The Hall–Kier alpha value is -2.58. The number of benzene rings is 2. The van der Waals surface area contributed by atoms with Gasteiger partial charge in [-0.15, -0.1) is 0 Å². The zero-order valence-electron chi connectivity index (χ0n) is 19.3. The van der Waals surface area contributed by atoms with Crippen molar-refractivity contribution in [1.29, 1.82) is 0 Å². The minimum atomic E-state index is -3.75. The van der Waals surface area contributed by atoms with Crippen molar-refractivity contribution in [2.45, 2.75) is 51.6 Å². The Morgan fingerprint density at radius 1 is 1.03 bits per heavy atom. The molecule has 0 spiro atoms. The molecule has 0 aliphatic carbocycles. The van der Waals surface area contributed by atoms with Crippen LogP contribution in [0.4, 0.5) is 0 Å². The van der Waals surface area contributed by atoms with E-state index in [9.17, 15) is 13.2 Å². The van der Waals surface area contributed by atoms with Crippen LogP contribution < -0.4 is 14.2 Å². The van der Waals surface area contributed by atoms with E-state index in [1.807, 2.05) is 19.1 Å². The first kappa shape index (κ1) is 24.7. The van der Waals surface area contributed by atoms with E-state index in [2.05, 4.69) is 4.72 Å². The molecule has 0 aliphatic heterocycles. The average molecular weight is 449 g/mol. The smallest absolute Gasteiger partial charge is 0.254 e. The second-order valence-electron chi connectivity index (χ2n) is 8.34.